The molecule has 5 heteroatoms. The molecule has 0 aliphatic carbocycles. The van der Waals surface area contributed by atoms with Gasteiger partial charge in [0, 0.05) is 31.7 Å². The van der Waals surface area contributed by atoms with E-state index in [1.54, 1.807) is 6.07 Å². The highest BCUT2D eigenvalue weighted by atomic mass is 19.1. The molecule has 0 atom stereocenters. The highest BCUT2D eigenvalue weighted by Gasteiger charge is 2.23. The van der Waals surface area contributed by atoms with Crippen molar-refractivity contribution in [3.8, 4) is 0 Å². The standard InChI is InChI=1S/C17H24FN3O/c1-20-6-8-21(9-7-20)17(22)15-10-14(11-16(18)12-15)13-2-4-19-5-3-13/h10-13,19H,2-9H2,1H3. The van der Waals surface area contributed by atoms with E-state index in [1.807, 2.05) is 11.0 Å². The number of hydrogen-bond acceptors (Lipinski definition) is 3. The van der Waals surface area contributed by atoms with E-state index in [1.165, 1.54) is 6.07 Å². The van der Waals surface area contributed by atoms with Gasteiger partial charge in [-0.1, -0.05) is 0 Å². The van der Waals surface area contributed by atoms with Gasteiger partial charge in [-0.2, -0.15) is 0 Å². The summed E-state index contributed by atoms with van der Waals surface area (Å²) in [5.41, 5.74) is 1.47. The molecule has 4 nitrogen and oxygen atoms in total. The number of rotatable bonds is 2. The summed E-state index contributed by atoms with van der Waals surface area (Å²) in [6.45, 7) is 5.11. The van der Waals surface area contributed by atoms with Crippen molar-refractivity contribution in [2.75, 3.05) is 46.3 Å². The van der Waals surface area contributed by atoms with Gasteiger partial charge >= 0.3 is 0 Å². The van der Waals surface area contributed by atoms with Crippen LogP contribution in [-0.2, 0) is 0 Å². The van der Waals surface area contributed by atoms with Crippen LogP contribution in [0.4, 0.5) is 4.39 Å². The molecule has 0 aromatic heterocycles. The second-order valence-corrected chi connectivity index (χ2v) is 6.39. The van der Waals surface area contributed by atoms with E-state index in [2.05, 4.69) is 17.3 Å². The predicted molar refractivity (Wildman–Crippen MR) is 84.6 cm³/mol. The first-order valence-electron chi connectivity index (χ1n) is 8.12. The maximum atomic E-state index is 14.0. The van der Waals surface area contributed by atoms with Gasteiger partial charge in [0.1, 0.15) is 5.82 Å². The van der Waals surface area contributed by atoms with Crippen LogP contribution in [0.5, 0.6) is 0 Å². The Labute approximate surface area is 131 Å². The van der Waals surface area contributed by atoms with E-state index in [0.717, 1.165) is 44.6 Å². The average molecular weight is 305 g/mol. The molecule has 0 bridgehead atoms. The van der Waals surface area contributed by atoms with Gasteiger partial charge in [0.15, 0.2) is 0 Å². The number of benzene rings is 1. The molecule has 1 N–H and O–H groups in total. The first kappa shape index (κ1) is 15.4. The Morgan fingerprint density at radius 1 is 1.14 bits per heavy atom. The molecule has 2 aliphatic heterocycles. The van der Waals surface area contributed by atoms with Crippen LogP contribution in [0.25, 0.3) is 0 Å². The van der Waals surface area contributed by atoms with Crippen molar-refractivity contribution in [1.82, 2.24) is 15.1 Å². The van der Waals surface area contributed by atoms with E-state index in [4.69, 9.17) is 0 Å². The largest absolute Gasteiger partial charge is 0.336 e. The lowest BCUT2D eigenvalue weighted by molar-refractivity contribution is 0.0663. The monoisotopic (exact) mass is 305 g/mol. The van der Waals surface area contributed by atoms with Crippen LogP contribution >= 0.6 is 0 Å². The molecule has 0 saturated carbocycles. The van der Waals surface area contributed by atoms with Crippen molar-refractivity contribution in [3.63, 3.8) is 0 Å². The second kappa shape index (κ2) is 6.75. The van der Waals surface area contributed by atoms with Crippen LogP contribution in [0.3, 0.4) is 0 Å². The van der Waals surface area contributed by atoms with Gasteiger partial charge in [-0.25, -0.2) is 4.39 Å². The summed E-state index contributed by atoms with van der Waals surface area (Å²) < 4.78 is 14.0. The second-order valence-electron chi connectivity index (χ2n) is 6.39. The third kappa shape index (κ3) is 3.47. The smallest absolute Gasteiger partial charge is 0.254 e. The molecule has 2 fully saturated rings. The molecule has 1 aromatic carbocycles. The minimum Gasteiger partial charge on any atom is -0.336 e. The molecule has 3 rings (SSSR count). The number of likely N-dealkylation sites (N-methyl/N-ethyl adjacent to an activating group) is 1. The molecule has 0 unspecified atom stereocenters. The van der Waals surface area contributed by atoms with Gasteiger partial charge in [0.05, 0.1) is 0 Å². The highest BCUT2D eigenvalue weighted by Crippen LogP contribution is 2.27. The van der Waals surface area contributed by atoms with Crippen molar-refractivity contribution in [3.05, 3.63) is 35.1 Å². The first-order chi connectivity index (χ1) is 10.6. The highest BCUT2D eigenvalue weighted by molar-refractivity contribution is 5.94. The Kier molecular flexibility index (Phi) is 4.74. The fourth-order valence-electron chi connectivity index (χ4n) is 3.32. The van der Waals surface area contributed by atoms with E-state index in [9.17, 15) is 9.18 Å². The van der Waals surface area contributed by atoms with E-state index < -0.39 is 0 Å². The predicted octanol–water partition coefficient (Wildman–Crippen LogP) is 1.68. The first-order valence-corrected chi connectivity index (χ1v) is 8.12. The zero-order valence-corrected chi connectivity index (χ0v) is 13.1. The number of nitrogens with zero attached hydrogens (tertiary/aromatic N) is 2. The van der Waals surface area contributed by atoms with Gasteiger partial charge in [0.2, 0.25) is 0 Å². The molecule has 0 spiro atoms. The molecular formula is C17H24FN3O. The fourth-order valence-corrected chi connectivity index (χ4v) is 3.32. The van der Waals surface area contributed by atoms with E-state index in [0.29, 0.717) is 24.6 Å². The van der Waals surface area contributed by atoms with Crippen LogP contribution in [0.15, 0.2) is 18.2 Å². The quantitative estimate of drug-likeness (QED) is 0.903. The zero-order valence-electron chi connectivity index (χ0n) is 13.1. The number of piperidine rings is 1. The number of hydrogen-bond donors (Lipinski definition) is 1. The number of amides is 1. The Balaban J connectivity index is 1.78. The van der Waals surface area contributed by atoms with Gasteiger partial charge in [-0.15, -0.1) is 0 Å². The molecule has 2 saturated heterocycles. The van der Waals surface area contributed by atoms with Crippen LogP contribution in [0.2, 0.25) is 0 Å². The molecule has 2 heterocycles. The SMILES string of the molecule is CN1CCN(C(=O)c2cc(F)cc(C3CCNCC3)c2)CC1. The minimum absolute atomic E-state index is 0.0391. The molecular weight excluding hydrogens is 281 g/mol. The maximum absolute atomic E-state index is 14.0. The summed E-state index contributed by atoms with van der Waals surface area (Å²) in [5, 5.41) is 3.32. The van der Waals surface area contributed by atoms with E-state index in [-0.39, 0.29) is 11.7 Å². The molecule has 120 valence electrons. The van der Waals surface area contributed by atoms with Crippen LogP contribution in [-0.4, -0.2) is 62.0 Å². The van der Waals surface area contributed by atoms with Gasteiger partial charge in [0.25, 0.3) is 5.91 Å². The Morgan fingerprint density at radius 3 is 2.50 bits per heavy atom. The molecule has 22 heavy (non-hydrogen) atoms. The topological polar surface area (TPSA) is 35.6 Å². The lowest BCUT2D eigenvalue weighted by Gasteiger charge is -2.32. The van der Waals surface area contributed by atoms with Crippen molar-refractivity contribution in [1.29, 1.82) is 0 Å². The molecule has 0 radical (unpaired) electrons. The normalized spacial score (nSPS) is 21.1. The fraction of sp³-hybridized carbons (Fsp3) is 0.588. The summed E-state index contributed by atoms with van der Waals surface area (Å²) in [4.78, 5) is 16.7. The Bertz CT molecular complexity index is 535. The molecule has 2 aliphatic rings. The average Bonchev–Trinajstić information content (AvgIpc) is 2.55. The molecule has 1 amide bonds. The van der Waals surface area contributed by atoms with Gasteiger partial charge in [-0.05, 0) is 62.7 Å². The van der Waals surface area contributed by atoms with Crippen LogP contribution < -0.4 is 5.32 Å². The van der Waals surface area contributed by atoms with Crippen molar-refractivity contribution >= 4 is 5.91 Å². The number of piperazine rings is 1. The lowest BCUT2D eigenvalue weighted by atomic mass is 9.89. The number of halogens is 1. The van der Waals surface area contributed by atoms with Crippen LogP contribution in [0, 0.1) is 5.82 Å². The number of carbonyl (C=O) groups excluding carboxylic acids is 1. The third-order valence-electron chi connectivity index (χ3n) is 4.77. The Morgan fingerprint density at radius 2 is 1.82 bits per heavy atom. The summed E-state index contributed by atoms with van der Waals surface area (Å²) >= 11 is 0. The Hall–Kier alpha value is -1.46. The summed E-state index contributed by atoms with van der Waals surface area (Å²) in [6.07, 6.45) is 2.01. The van der Waals surface area contributed by atoms with Crippen molar-refractivity contribution < 1.29 is 9.18 Å². The van der Waals surface area contributed by atoms with Gasteiger partial charge in [-0.3, -0.25) is 4.79 Å². The van der Waals surface area contributed by atoms with E-state index >= 15 is 0 Å². The maximum Gasteiger partial charge on any atom is 0.254 e. The third-order valence-corrected chi connectivity index (χ3v) is 4.77. The zero-order chi connectivity index (χ0) is 15.5. The van der Waals surface area contributed by atoms with Gasteiger partial charge < -0.3 is 15.1 Å². The lowest BCUT2D eigenvalue weighted by Crippen LogP contribution is -2.47. The van der Waals surface area contributed by atoms with Crippen LogP contribution in [0.1, 0.15) is 34.7 Å². The summed E-state index contributed by atoms with van der Waals surface area (Å²) in [5.74, 6) is 0.0206. The number of nitrogens with one attached hydrogen (secondary N) is 1. The van der Waals surface area contributed by atoms with Crippen molar-refractivity contribution in [2.24, 2.45) is 0 Å². The number of carbonyl (C=O) groups is 1. The minimum atomic E-state index is -0.298. The van der Waals surface area contributed by atoms with Crippen molar-refractivity contribution in [2.45, 2.75) is 18.8 Å². The summed E-state index contributed by atoms with van der Waals surface area (Å²) in [6, 6.07) is 4.88. The summed E-state index contributed by atoms with van der Waals surface area (Å²) in [7, 11) is 2.05. The molecule has 1 aromatic rings.